The Bertz CT molecular complexity index is 353. The van der Waals surface area contributed by atoms with Gasteiger partial charge >= 0.3 is 0 Å². The summed E-state index contributed by atoms with van der Waals surface area (Å²) in [5, 5.41) is 0.859. The highest BCUT2D eigenvalue weighted by Crippen LogP contribution is 2.35. The standard InChI is InChI=1S/C12H14BrFO/c1-8-2-3-9(14)6-11(8)12-5-4-10(7-13)15-12/h2-3,6,10,12H,4-5,7H2,1H3. The molecule has 1 saturated heterocycles. The lowest BCUT2D eigenvalue weighted by atomic mass is 10.0. The fourth-order valence-corrected chi connectivity index (χ4v) is 2.48. The van der Waals surface area contributed by atoms with Crippen molar-refractivity contribution in [3.8, 4) is 0 Å². The van der Waals surface area contributed by atoms with Gasteiger partial charge in [-0.05, 0) is 43.0 Å². The van der Waals surface area contributed by atoms with E-state index in [1.165, 1.54) is 6.07 Å². The maximum atomic E-state index is 13.1. The summed E-state index contributed by atoms with van der Waals surface area (Å²) in [7, 11) is 0. The zero-order valence-corrected chi connectivity index (χ0v) is 10.3. The third kappa shape index (κ3) is 2.40. The Labute approximate surface area is 97.8 Å². The van der Waals surface area contributed by atoms with Crippen LogP contribution in [0.25, 0.3) is 0 Å². The molecule has 3 heteroatoms. The molecule has 0 amide bonds. The summed E-state index contributed by atoms with van der Waals surface area (Å²) in [5.74, 6) is -0.179. The lowest BCUT2D eigenvalue weighted by Crippen LogP contribution is -2.08. The quantitative estimate of drug-likeness (QED) is 0.746. The second-order valence-electron chi connectivity index (χ2n) is 3.98. The van der Waals surface area contributed by atoms with E-state index in [0.29, 0.717) is 0 Å². The van der Waals surface area contributed by atoms with Crippen molar-refractivity contribution in [1.82, 2.24) is 0 Å². The number of alkyl halides is 1. The summed E-state index contributed by atoms with van der Waals surface area (Å²) in [6.45, 7) is 2.00. The van der Waals surface area contributed by atoms with Crippen LogP contribution in [0, 0.1) is 12.7 Å². The Morgan fingerprint density at radius 3 is 2.93 bits per heavy atom. The maximum absolute atomic E-state index is 13.1. The van der Waals surface area contributed by atoms with Gasteiger partial charge in [0.2, 0.25) is 0 Å². The van der Waals surface area contributed by atoms with Crippen LogP contribution in [-0.4, -0.2) is 11.4 Å². The van der Waals surface area contributed by atoms with Gasteiger partial charge in [-0.1, -0.05) is 22.0 Å². The van der Waals surface area contributed by atoms with Crippen molar-refractivity contribution in [3.05, 3.63) is 35.1 Å². The minimum Gasteiger partial charge on any atom is -0.369 e. The molecule has 1 aliphatic rings. The van der Waals surface area contributed by atoms with Crippen molar-refractivity contribution in [2.75, 3.05) is 5.33 Å². The second-order valence-corrected chi connectivity index (χ2v) is 4.63. The number of aryl methyl sites for hydroxylation is 1. The molecule has 2 unspecified atom stereocenters. The third-order valence-electron chi connectivity index (χ3n) is 2.87. The molecule has 0 aliphatic carbocycles. The summed E-state index contributed by atoms with van der Waals surface area (Å²) in [6, 6.07) is 4.90. The van der Waals surface area contributed by atoms with Gasteiger partial charge in [-0.2, -0.15) is 0 Å². The first-order chi connectivity index (χ1) is 7.20. The smallest absolute Gasteiger partial charge is 0.123 e. The molecular weight excluding hydrogens is 259 g/mol. The summed E-state index contributed by atoms with van der Waals surface area (Å²) in [5.41, 5.74) is 2.11. The Morgan fingerprint density at radius 2 is 2.27 bits per heavy atom. The number of halogens is 2. The molecular formula is C12H14BrFO. The van der Waals surface area contributed by atoms with E-state index < -0.39 is 0 Å². The maximum Gasteiger partial charge on any atom is 0.123 e. The molecule has 1 aliphatic heterocycles. The molecule has 82 valence electrons. The molecule has 0 spiro atoms. The van der Waals surface area contributed by atoms with E-state index in [1.807, 2.05) is 13.0 Å². The van der Waals surface area contributed by atoms with Crippen molar-refractivity contribution >= 4 is 15.9 Å². The zero-order chi connectivity index (χ0) is 10.8. The first-order valence-electron chi connectivity index (χ1n) is 5.18. The van der Waals surface area contributed by atoms with Gasteiger partial charge in [-0.15, -0.1) is 0 Å². The van der Waals surface area contributed by atoms with E-state index in [-0.39, 0.29) is 18.0 Å². The lowest BCUT2D eigenvalue weighted by molar-refractivity contribution is 0.0583. The number of hydrogen-bond donors (Lipinski definition) is 0. The van der Waals surface area contributed by atoms with Gasteiger partial charge in [0.15, 0.2) is 0 Å². The summed E-state index contributed by atoms with van der Waals surface area (Å²) >= 11 is 3.41. The zero-order valence-electron chi connectivity index (χ0n) is 8.67. The third-order valence-corrected chi connectivity index (χ3v) is 3.59. The normalized spacial score (nSPS) is 25.8. The van der Waals surface area contributed by atoms with Gasteiger partial charge in [0.1, 0.15) is 5.82 Å². The van der Waals surface area contributed by atoms with Crippen LogP contribution in [-0.2, 0) is 4.74 Å². The van der Waals surface area contributed by atoms with Crippen molar-refractivity contribution in [3.63, 3.8) is 0 Å². The van der Waals surface area contributed by atoms with E-state index in [9.17, 15) is 4.39 Å². The molecule has 1 aromatic carbocycles. The Morgan fingerprint density at radius 1 is 1.47 bits per heavy atom. The van der Waals surface area contributed by atoms with Gasteiger partial charge in [-0.25, -0.2) is 4.39 Å². The molecule has 0 bridgehead atoms. The highest BCUT2D eigenvalue weighted by Gasteiger charge is 2.26. The van der Waals surface area contributed by atoms with E-state index in [2.05, 4.69) is 15.9 Å². The summed E-state index contributed by atoms with van der Waals surface area (Å²) < 4.78 is 18.9. The van der Waals surface area contributed by atoms with Crippen LogP contribution in [0.5, 0.6) is 0 Å². The van der Waals surface area contributed by atoms with Crippen LogP contribution >= 0.6 is 15.9 Å². The fraction of sp³-hybridized carbons (Fsp3) is 0.500. The Kier molecular flexibility index (Phi) is 3.42. The minimum atomic E-state index is -0.179. The predicted octanol–water partition coefficient (Wildman–Crippen LogP) is 3.75. The SMILES string of the molecule is Cc1ccc(F)cc1C1CCC(CBr)O1. The van der Waals surface area contributed by atoms with Gasteiger partial charge < -0.3 is 4.74 Å². The molecule has 0 radical (unpaired) electrons. The first-order valence-corrected chi connectivity index (χ1v) is 6.30. The molecule has 0 aromatic heterocycles. The molecule has 1 aromatic rings. The molecule has 1 nitrogen and oxygen atoms in total. The Hall–Kier alpha value is -0.410. The monoisotopic (exact) mass is 272 g/mol. The topological polar surface area (TPSA) is 9.23 Å². The summed E-state index contributed by atoms with van der Waals surface area (Å²) in [6.07, 6.45) is 2.38. The highest BCUT2D eigenvalue weighted by molar-refractivity contribution is 9.09. The van der Waals surface area contributed by atoms with Gasteiger partial charge in [-0.3, -0.25) is 0 Å². The molecule has 1 fully saturated rings. The van der Waals surface area contributed by atoms with Crippen LogP contribution in [0.2, 0.25) is 0 Å². The fourth-order valence-electron chi connectivity index (χ4n) is 2.01. The number of hydrogen-bond acceptors (Lipinski definition) is 1. The minimum absolute atomic E-state index is 0.0725. The lowest BCUT2D eigenvalue weighted by Gasteiger charge is -2.14. The van der Waals surface area contributed by atoms with E-state index >= 15 is 0 Å². The molecule has 1 heterocycles. The average molecular weight is 273 g/mol. The van der Waals surface area contributed by atoms with Crippen molar-refractivity contribution in [2.45, 2.75) is 32.0 Å². The van der Waals surface area contributed by atoms with Gasteiger partial charge in [0.25, 0.3) is 0 Å². The van der Waals surface area contributed by atoms with Crippen molar-refractivity contribution < 1.29 is 9.13 Å². The van der Waals surface area contributed by atoms with Crippen LogP contribution < -0.4 is 0 Å². The van der Waals surface area contributed by atoms with Crippen LogP contribution in [0.15, 0.2) is 18.2 Å². The van der Waals surface area contributed by atoms with Crippen LogP contribution in [0.1, 0.15) is 30.1 Å². The number of benzene rings is 1. The summed E-state index contributed by atoms with van der Waals surface area (Å²) in [4.78, 5) is 0. The number of rotatable bonds is 2. The second kappa shape index (κ2) is 4.62. The Balaban J connectivity index is 2.19. The van der Waals surface area contributed by atoms with E-state index in [4.69, 9.17) is 4.74 Å². The number of ether oxygens (including phenoxy) is 1. The van der Waals surface area contributed by atoms with Gasteiger partial charge in [0, 0.05) is 5.33 Å². The molecule has 0 N–H and O–H groups in total. The molecule has 15 heavy (non-hydrogen) atoms. The largest absolute Gasteiger partial charge is 0.369 e. The highest BCUT2D eigenvalue weighted by atomic mass is 79.9. The molecule has 2 atom stereocenters. The van der Waals surface area contributed by atoms with Crippen molar-refractivity contribution in [1.29, 1.82) is 0 Å². The van der Waals surface area contributed by atoms with Crippen molar-refractivity contribution in [2.24, 2.45) is 0 Å². The average Bonchev–Trinajstić information content (AvgIpc) is 2.70. The van der Waals surface area contributed by atoms with Crippen LogP contribution in [0.4, 0.5) is 4.39 Å². The molecule has 0 saturated carbocycles. The molecule has 2 rings (SSSR count). The van der Waals surface area contributed by atoms with Crippen LogP contribution in [0.3, 0.4) is 0 Å². The predicted molar refractivity (Wildman–Crippen MR) is 61.8 cm³/mol. The van der Waals surface area contributed by atoms with E-state index in [1.54, 1.807) is 6.07 Å². The van der Waals surface area contributed by atoms with Gasteiger partial charge in [0.05, 0.1) is 12.2 Å². The van der Waals surface area contributed by atoms with E-state index in [0.717, 1.165) is 29.3 Å². The first kappa shape index (κ1) is 11.1.